The quantitative estimate of drug-likeness (QED) is 0.785. The summed E-state index contributed by atoms with van der Waals surface area (Å²) in [5.41, 5.74) is 0. The third kappa shape index (κ3) is 4.91. The van der Waals surface area contributed by atoms with Gasteiger partial charge in [0.15, 0.2) is 0 Å². The Labute approximate surface area is 124 Å². The Hall–Kier alpha value is -0.0400. The maximum absolute atomic E-state index is 11.9. The normalized spacial score (nSPS) is 11.1. The highest BCUT2D eigenvalue weighted by atomic mass is 35.5. The first kappa shape index (κ1) is 18.0. The summed E-state index contributed by atoms with van der Waals surface area (Å²) in [5, 5.41) is 3.21. The minimum Gasteiger partial charge on any atom is -0.320 e. The van der Waals surface area contributed by atoms with Crippen molar-refractivity contribution in [2.75, 3.05) is 20.1 Å². The summed E-state index contributed by atoms with van der Waals surface area (Å²) in [6.07, 6.45) is 0.702. The molecule has 0 unspecified atom stereocenters. The van der Waals surface area contributed by atoms with Gasteiger partial charge in [0.1, 0.15) is 4.90 Å². The van der Waals surface area contributed by atoms with Gasteiger partial charge in [-0.3, -0.25) is 0 Å². The first-order valence-corrected chi connectivity index (χ1v) is 7.31. The highest BCUT2D eigenvalue weighted by molar-refractivity contribution is 7.89. The monoisotopic (exact) mass is 332 g/mol. The summed E-state index contributed by atoms with van der Waals surface area (Å²) in [7, 11) is -1.78. The van der Waals surface area contributed by atoms with Gasteiger partial charge in [-0.15, -0.1) is 12.4 Å². The summed E-state index contributed by atoms with van der Waals surface area (Å²) in [6, 6.07) is 4.52. The topological polar surface area (TPSA) is 58.2 Å². The standard InChI is InChI=1S/C10H14Cl2N2O2S.ClH/c1-13-6-3-7-14-17(15,16)9-5-2-4-8(11)10(9)12;/h2,4-5,13-14H,3,6-7H2,1H3;1H. The van der Waals surface area contributed by atoms with Crippen molar-refractivity contribution in [1.82, 2.24) is 10.0 Å². The average molecular weight is 334 g/mol. The predicted molar refractivity (Wildman–Crippen MR) is 77.4 cm³/mol. The predicted octanol–water partition coefficient (Wildman–Crippen LogP) is 2.30. The first-order valence-electron chi connectivity index (χ1n) is 5.07. The van der Waals surface area contributed by atoms with E-state index in [4.69, 9.17) is 23.2 Å². The van der Waals surface area contributed by atoms with Crippen molar-refractivity contribution in [3.63, 3.8) is 0 Å². The number of hydrogen-bond acceptors (Lipinski definition) is 3. The van der Waals surface area contributed by atoms with Crippen LogP contribution in [0.1, 0.15) is 6.42 Å². The molecule has 4 nitrogen and oxygen atoms in total. The van der Waals surface area contributed by atoms with Crippen molar-refractivity contribution in [3.8, 4) is 0 Å². The lowest BCUT2D eigenvalue weighted by Crippen LogP contribution is -2.27. The van der Waals surface area contributed by atoms with E-state index in [9.17, 15) is 8.42 Å². The molecule has 0 aliphatic heterocycles. The molecule has 18 heavy (non-hydrogen) atoms. The van der Waals surface area contributed by atoms with E-state index in [0.29, 0.717) is 13.0 Å². The van der Waals surface area contributed by atoms with Crippen LogP contribution in [0.5, 0.6) is 0 Å². The summed E-state index contributed by atoms with van der Waals surface area (Å²) in [6.45, 7) is 1.10. The zero-order valence-corrected chi connectivity index (χ0v) is 12.9. The first-order chi connectivity index (χ1) is 7.99. The minimum atomic E-state index is -3.59. The Morgan fingerprint density at radius 3 is 2.50 bits per heavy atom. The zero-order chi connectivity index (χ0) is 12.9. The van der Waals surface area contributed by atoms with Gasteiger partial charge in [0.25, 0.3) is 0 Å². The van der Waals surface area contributed by atoms with Crippen LogP contribution >= 0.6 is 35.6 Å². The summed E-state index contributed by atoms with van der Waals surface area (Å²) >= 11 is 11.6. The fourth-order valence-electron chi connectivity index (χ4n) is 1.24. The van der Waals surface area contributed by atoms with Gasteiger partial charge in [-0.2, -0.15) is 0 Å². The Morgan fingerprint density at radius 2 is 1.89 bits per heavy atom. The van der Waals surface area contributed by atoms with Crippen LogP contribution in [0.3, 0.4) is 0 Å². The van der Waals surface area contributed by atoms with E-state index in [1.165, 1.54) is 6.07 Å². The second-order valence-corrected chi connectivity index (χ2v) is 5.93. The molecule has 0 aliphatic carbocycles. The van der Waals surface area contributed by atoms with Gasteiger partial charge in [0.05, 0.1) is 10.0 Å². The van der Waals surface area contributed by atoms with Crippen LogP contribution in [-0.2, 0) is 10.0 Å². The van der Waals surface area contributed by atoms with Crippen molar-refractivity contribution >= 4 is 45.6 Å². The van der Waals surface area contributed by atoms with Crippen LogP contribution in [0.2, 0.25) is 10.0 Å². The van der Waals surface area contributed by atoms with E-state index in [-0.39, 0.29) is 27.3 Å². The Morgan fingerprint density at radius 1 is 1.22 bits per heavy atom. The smallest absolute Gasteiger partial charge is 0.242 e. The molecule has 0 atom stereocenters. The lowest BCUT2D eigenvalue weighted by atomic mass is 10.4. The molecule has 0 spiro atoms. The molecule has 0 saturated heterocycles. The molecule has 0 aliphatic rings. The maximum atomic E-state index is 11.9. The van der Waals surface area contributed by atoms with Crippen LogP contribution in [-0.4, -0.2) is 28.6 Å². The van der Waals surface area contributed by atoms with Crippen molar-refractivity contribution in [2.45, 2.75) is 11.3 Å². The van der Waals surface area contributed by atoms with Crippen molar-refractivity contribution in [2.24, 2.45) is 0 Å². The molecule has 104 valence electrons. The fourth-order valence-corrected chi connectivity index (χ4v) is 3.07. The van der Waals surface area contributed by atoms with E-state index in [1.54, 1.807) is 12.1 Å². The lowest BCUT2D eigenvalue weighted by Gasteiger charge is -2.08. The molecule has 1 rings (SSSR count). The van der Waals surface area contributed by atoms with Crippen molar-refractivity contribution in [1.29, 1.82) is 0 Å². The third-order valence-corrected chi connectivity index (χ3v) is 4.54. The SMILES string of the molecule is CNCCCNS(=O)(=O)c1cccc(Cl)c1Cl.Cl. The third-order valence-electron chi connectivity index (χ3n) is 2.10. The molecule has 2 N–H and O–H groups in total. The molecular weight excluding hydrogens is 319 g/mol. The van der Waals surface area contributed by atoms with Gasteiger partial charge in [-0.1, -0.05) is 29.3 Å². The summed E-state index contributed by atoms with van der Waals surface area (Å²) in [4.78, 5) is 0.0103. The van der Waals surface area contributed by atoms with E-state index in [1.807, 2.05) is 7.05 Å². The number of nitrogens with one attached hydrogen (secondary N) is 2. The van der Waals surface area contributed by atoms with Crippen LogP contribution in [0, 0.1) is 0 Å². The van der Waals surface area contributed by atoms with Crippen LogP contribution in [0.15, 0.2) is 23.1 Å². The van der Waals surface area contributed by atoms with Crippen LogP contribution in [0.4, 0.5) is 0 Å². The van der Waals surface area contributed by atoms with E-state index in [0.717, 1.165) is 6.54 Å². The molecular formula is C10H15Cl3N2O2S. The van der Waals surface area contributed by atoms with Crippen LogP contribution in [0.25, 0.3) is 0 Å². The maximum Gasteiger partial charge on any atom is 0.242 e. The molecule has 0 radical (unpaired) electrons. The molecule has 1 aromatic rings. The molecule has 0 heterocycles. The Kier molecular flexibility index (Phi) is 8.18. The molecule has 1 aromatic carbocycles. The van der Waals surface area contributed by atoms with E-state index < -0.39 is 10.0 Å². The highest BCUT2D eigenvalue weighted by Gasteiger charge is 2.18. The Bertz CT molecular complexity index is 480. The van der Waals surface area contributed by atoms with Crippen molar-refractivity contribution < 1.29 is 8.42 Å². The van der Waals surface area contributed by atoms with E-state index in [2.05, 4.69) is 10.0 Å². The van der Waals surface area contributed by atoms with E-state index >= 15 is 0 Å². The fraction of sp³-hybridized carbons (Fsp3) is 0.400. The van der Waals surface area contributed by atoms with Gasteiger partial charge in [0.2, 0.25) is 10.0 Å². The molecule has 8 heteroatoms. The van der Waals surface area contributed by atoms with Gasteiger partial charge in [-0.25, -0.2) is 13.1 Å². The van der Waals surface area contributed by atoms with Gasteiger partial charge < -0.3 is 5.32 Å². The molecule has 0 saturated carbocycles. The molecule has 0 bridgehead atoms. The molecule has 0 fully saturated rings. The van der Waals surface area contributed by atoms with Crippen LogP contribution < -0.4 is 10.0 Å². The highest BCUT2D eigenvalue weighted by Crippen LogP contribution is 2.28. The second-order valence-electron chi connectivity index (χ2n) is 3.41. The van der Waals surface area contributed by atoms with Gasteiger partial charge >= 0.3 is 0 Å². The van der Waals surface area contributed by atoms with Gasteiger partial charge in [0, 0.05) is 6.54 Å². The molecule has 0 aromatic heterocycles. The number of halogens is 3. The van der Waals surface area contributed by atoms with Crippen molar-refractivity contribution in [3.05, 3.63) is 28.2 Å². The largest absolute Gasteiger partial charge is 0.320 e. The summed E-state index contributed by atoms with van der Waals surface area (Å²) in [5.74, 6) is 0. The minimum absolute atomic E-state index is 0. The van der Waals surface area contributed by atoms with Gasteiger partial charge in [-0.05, 0) is 32.1 Å². The molecule has 0 amide bonds. The average Bonchev–Trinajstić information content (AvgIpc) is 2.28. The Balaban J connectivity index is 0.00000289. The lowest BCUT2D eigenvalue weighted by molar-refractivity contribution is 0.577. The number of sulfonamides is 1. The second kappa shape index (κ2) is 8.19. The zero-order valence-electron chi connectivity index (χ0n) is 9.74. The number of rotatable bonds is 6. The summed E-state index contributed by atoms with van der Waals surface area (Å²) < 4.78 is 26.3. The number of benzene rings is 1. The number of hydrogen-bond donors (Lipinski definition) is 2.